The van der Waals surface area contributed by atoms with E-state index in [-0.39, 0.29) is 11.9 Å². The number of ether oxygens (including phenoxy) is 2. The molecule has 2 bridgehead atoms. The molecule has 0 radical (unpaired) electrons. The highest BCUT2D eigenvalue weighted by Crippen LogP contribution is 2.48. The molecule has 2 aliphatic rings. The summed E-state index contributed by atoms with van der Waals surface area (Å²) in [6.45, 7) is 3.24. The Balaban J connectivity index is 2.05. The second-order valence-corrected chi connectivity index (χ2v) is 7.22. The molecule has 2 aliphatic heterocycles. The minimum atomic E-state index is -0.837. The summed E-state index contributed by atoms with van der Waals surface area (Å²) >= 11 is 5.61. The molecule has 0 aliphatic carbocycles. The Morgan fingerprint density at radius 3 is 2.84 bits per heavy atom. The maximum atomic E-state index is 13.0. The van der Waals surface area contributed by atoms with Gasteiger partial charge in [0.2, 0.25) is 5.91 Å². The Kier molecular flexibility index (Phi) is 4.88. The standard InChI is InChI=1S/C18H25N3O3S/c1-18-14(16(22)20(2)3)15(12-8-5-6-9-13(12)24-18)19-17(25)21(18)10-7-11-23-4/h5-6,8-9,14-15H,7,10-11H2,1-4H3,(H,19,25)/t14-,15-,18+/m1/s1. The van der Waals surface area contributed by atoms with E-state index in [4.69, 9.17) is 21.7 Å². The number of para-hydroxylation sites is 1. The van der Waals surface area contributed by atoms with Crippen LogP contribution in [0.15, 0.2) is 24.3 Å². The highest BCUT2D eigenvalue weighted by Gasteiger charge is 2.58. The van der Waals surface area contributed by atoms with Crippen molar-refractivity contribution in [3.05, 3.63) is 29.8 Å². The third-order valence-electron chi connectivity index (χ3n) is 4.98. The molecule has 0 aromatic heterocycles. The largest absolute Gasteiger partial charge is 0.467 e. The molecule has 0 spiro atoms. The molecule has 6 nitrogen and oxygen atoms in total. The lowest BCUT2D eigenvalue weighted by molar-refractivity contribution is -0.161. The van der Waals surface area contributed by atoms with Gasteiger partial charge in [-0.15, -0.1) is 0 Å². The average molecular weight is 363 g/mol. The fourth-order valence-electron chi connectivity index (χ4n) is 3.74. The Labute approximate surface area is 154 Å². The van der Waals surface area contributed by atoms with E-state index in [9.17, 15) is 4.79 Å². The van der Waals surface area contributed by atoms with Gasteiger partial charge in [-0.3, -0.25) is 4.79 Å². The van der Waals surface area contributed by atoms with E-state index in [0.717, 1.165) is 17.7 Å². The van der Waals surface area contributed by atoms with Crippen molar-refractivity contribution < 1.29 is 14.3 Å². The second-order valence-electron chi connectivity index (χ2n) is 6.83. The highest BCUT2D eigenvalue weighted by molar-refractivity contribution is 7.80. The van der Waals surface area contributed by atoms with Crippen LogP contribution in [0.2, 0.25) is 0 Å². The minimum absolute atomic E-state index is 0.0220. The highest BCUT2D eigenvalue weighted by atomic mass is 32.1. The van der Waals surface area contributed by atoms with Crippen molar-refractivity contribution in [3.63, 3.8) is 0 Å². The van der Waals surface area contributed by atoms with Gasteiger partial charge in [-0.2, -0.15) is 0 Å². The normalized spacial score (nSPS) is 27.2. The molecule has 2 heterocycles. The fourth-order valence-corrected chi connectivity index (χ4v) is 4.14. The first kappa shape index (κ1) is 17.9. The first-order chi connectivity index (χ1) is 11.9. The van der Waals surface area contributed by atoms with Crippen molar-refractivity contribution in [1.82, 2.24) is 15.1 Å². The lowest BCUT2D eigenvalue weighted by Crippen LogP contribution is -2.72. The first-order valence-electron chi connectivity index (χ1n) is 8.46. The molecule has 3 atom stereocenters. The monoisotopic (exact) mass is 363 g/mol. The number of carbonyl (C=O) groups is 1. The number of amides is 1. The van der Waals surface area contributed by atoms with Crippen molar-refractivity contribution in [2.45, 2.75) is 25.1 Å². The van der Waals surface area contributed by atoms with Gasteiger partial charge < -0.3 is 24.6 Å². The number of hydrogen-bond donors (Lipinski definition) is 1. The van der Waals surface area contributed by atoms with Gasteiger partial charge in [-0.1, -0.05) is 18.2 Å². The van der Waals surface area contributed by atoms with E-state index in [1.54, 1.807) is 26.1 Å². The zero-order valence-corrected chi connectivity index (χ0v) is 15.9. The molecule has 1 aromatic carbocycles. The van der Waals surface area contributed by atoms with E-state index < -0.39 is 11.6 Å². The van der Waals surface area contributed by atoms with Crippen LogP contribution in [0.25, 0.3) is 0 Å². The average Bonchev–Trinajstić information content (AvgIpc) is 2.57. The number of methoxy groups -OCH3 is 1. The van der Waals surface area contributed by atoms with Gasteiger partial charge in [0.05, 0.1) is 6.04 Å². The van der Waals surface area contributed by atoms with Crippen LogP contribution >= 0.6 is 12.2 Å². The lowest BCUT2D eigenvalue weighted by Gasteiger charge is -2.56. The summed E-state index contributed by atoms with van der Waals surface area (Å²) in [6.07, 6.45) is 0.798. The summed E-state index contributed by atoms with van der Waals surface area (Å²) in [7, 11) is 5.22. The quantitative estimate of drug-likeness (QED) is 0.636. The molecule has 7 heteroatoms. The van der Waals surface area contributed by atoms with Crippen molar-refractivity contribution >= 4 is 23.2 Å². The van der Waals surface area contributed by atoms with Crippen LogP contribution in [0, 0.1) is 5.92 Å². The number of nitrogens with one attached hydrogen (secondary N) is 1. The van der Waals surface area contributed by atoms with Crippen LogP contribution in [0.1, 0.15) is 24.9 Å². The van der Waals surface area contributed by atoms with Crippen molar-refractivity contribution in [2.75, 3.05) is 34.4 Å². The molecular weight excluding hydrogens is 338 g/mol. The molecule has 136 valence electrons. The zero-order chi connectivity index (χ0) is 18.2. The smallest absolute Gasteiger partial charge is 0.233 e. The molecule has 1 amide bonds. The van der Waals surface area contributed by atoms with Crippen LogP contribution in [-0.2, 0) is 9.53 Å². The molecule has 0 saturated carbocycles. The number of hydrogen-bond acceptors (Lipinski definition) is 4. The SMILES string of the molecule is COCCCN1C(=S)N[C@@H]2c3ccccc3O[C@@]1(C)[C@H]2C(=O)N(C)C. The van der Waals surface area contributed by atoms with Gasteiger partial charge in [0.1, 0.15) is 11.7 Å². The number of rotatable bonds is 5. The summed E-state index contributed by atoms with van der Waals surface area (Å²) < 4.78 is 11.6. The Bertz CT molecular complexity index is 681. The minimum Gasteiger partial charge on any atom is -0.467 e. The van der Waals surface area contributed by atoms with Crippen LogP contribution in [0.4, 0.5) is 0 Å². The van der Waals surface area contributed by atoms with Crippen molar-refractivity contribution in [2.24, 2.45) is 5.92 Å². The summed E-state index contributed by atoms with van der Waals surface area (Å²) in [4.78, 5) is 16.6. The fraction of sp³-hybridized carbons (Fsp3) is 0.556. The van der Waals surface area contributed by atoms with Crippen molar-refractivity contribution in [3.8, 4) is 5.75 Å². The maximum Gasteiger partial charge on any atom is 0.233 e. The molecule has 1 N–H and O–H groups in total. The van der Waals surface area contributed by atoms with Gasteiger partial charge >= 0.3 is 0 Å². The number of benzene rings is 1. The Morgan fingerprint density at radius 2 is 2.16 bits per heavy atom. The van der Waals surface area contributed by atoms with Gasteiger partial charge in [-0.25, -0.2) is 0 Å². The van der Waals surface area contributed by atoms with Crippen LogP contribution in [-0.4, -0.2) is 60.9 Å². The van der Waals surface area contributed by atoms with Gasteiger partial charge in [0.15, 0.2) is 10.8 Å². The summed E-state index contributed by atoms with van der Waals surface area (Å²) in [5.74, 6) is 0.421. The molecule has 3 rings (SSSR count). The predicted molar refractivity (Wildman–Crippen MR) is 99.3 cm³/mol. The van der Waals surface area contributed by atoms with Crippen LogP contribution in [0.3, 0.4) is 0 Å². The van der Waals surface area contributed by atoms with Crippen LogP contribution in [0.5, 0.6) is 5.75 Å². The first-order valence-corrected chi connectivity index (χ1v) is 8.87. The summed E-state index contributed by atoms with van der Waals surface area (Å²) in [6, 6.07) is 7.64. The second kappa shape index (κ2) is 6.80. The molecule has 0 unspecified atom stereocenters. The van der Waals surface area contributed by atoms with Gasteiger partial charge in [0.25, 0.3) is 0 Å². The number of carbonyl (C=O) groups excluding carboxylic acids is 1. The Morgan fingerprint density at radius 1 is 1.44 bits per heavy atom. The predicted octanol–water partition coefficient (Wildman–Crippen LogP) is 1.77. The molecule has 1 aromatic rings. The van der Waals surface area contributed by atoms with Crippen molar-refractivity contribution in [1.29, 1.82) is 0 Å². The summed E-state index contributed by atoms with van der Waals surface area (Å²) in [5.41, 5.74) is 0.135. The van der Waals surface area contributed by atoms with E-state index in [0.29, 0.717) is 18.3 Å². The maximum absolute atomic E-state index is 13.0. The summed E-state index contributed by atoms with van der Waals surface area (Å²) in [5, 5.41) is 3.99. The molecular formula is C18H25N3O3S. The van der Waals surface area contributed by atoms with Gasteiger partial charge in [0, 0.05) is 39.9 Å². The molecule has 1 saturated heterocycles. The van der Waals surface area contributed by atoms with E-state index in [1.807, 2.05) is 36.1 Å². The third-order valence-corrected chi connectivity index (χ3v) is 5.32. The number of thiocarbonyl (C=S) groups is 1. The topological polar surface area (TPSA) is 54.0 Å². The number of nitrogens with zero attached hydrogens (tertiary/aromatic N) is 2. The van der Waals surface area contributed by atoms with Crippen LogP contribution < -0.4 is 10.1 Å². The lowest BCUT2D eigenvalue weighted by atomic mass is 9.78. The zero-order valence-electron chi connectivity index (χ0n) is 15.1. The van der Waals surface area contributed by atoms with E-state index in [2.05, 4.69) is 5.32 Å². The molecule has 25 heavy (non-hydrogen) atoms. The third kappa shape index (κ3) is 2.95. The van der Waals surface area contributed by atoms with Gasteiger partial charge in [-0.05, 0) is 31.6 Å². The van der Waals surface area contributed by atoms with E-state index >= 15 is 0 Å². The Hall–Kier alpha value is -1.86. The van der Waals surface area contributed by atoms with E-state index in [1.165, 1.54) is 0 Å². The molecule has 1 fully saturated rings. The number of fused-ring (bicyclic) bond motifs is 4.